The lowest BCUT2D eigenvalue weighted by Crippen LogP contribution is -2.41. The molecule has 108 valence electrons. The third kappa shape index (κ3) is 3.71. The van der Waals surface area contributed by atoms with Crippen molar-refractivity contribution in [1.82, 2.24) is 0 Å². The summed E-state index contributed by atoms with van der Waals surface area (Å²) in [6.45, 7) is 0.730. The lowest BCUT2D eigenvalue weighted by Gasteiger charge is -2.28. The fraction of sp³-hybridized carbons (Fsp3) is 0.429. The Morgan fingerprint density at radius 1 is 1.25 bits per heavy atom. The quantitative estimate of drug-likeness (QED) is 0.925. The second kappa shape index (κ2) is 6.72. The summed E-state index contributed by atoms with van der Waals surface area (Å²) in [7, 11) is 0. The van der Waals surface area contributed by atoms with Crippen LogP contribution in [-0.4, -0.2) is 36.7 Å². The van der Waals surface area contributed by atoms with Crippen LogP contribution in [0.1, 0.15) is 12.8 Å². The number of hydrogen-bond donors (Lipinski definition) is 1. The van der Waals surface area contributed by atoms with E-state index in [4.69, 9.17) is 21.4 Å². The summed E-state index contributed by atoms with van der Waals surface area (Å²) in [6, 6.07) is 6.59. The minimum absolute atomic E-state index is 0.168. The van der Waals surface area contributed by atoms with Crippen LogP contribution in [0.25, 0.3) is 0 Å². The van der Waals surface area contributed by atoms with Gasteiger partial charge in [-0.05, 0) is 37.1 Å². The molecule has 20 heavy (non-hydrogen) atoms. The van der Waals surface area contributed by atoms with E-state index in [0.29, 0.717) is 36.8 Å². The number of nitrogens with zero attached hydrogens (tertiary/aromatic N) is 1. The highest BCUT2D eigenvalue weighted by Crippen LogP contribution is 2.23. The van der Waals surface area contributed by atoms with Crippen LogP contribution in [0.3, 0.4) is 0 Å². The first-order chi connectivity index (χ1) is 9.58. The molecule has 1 fully saturated rings. The van der Waals surface area contributed by atoms with Gasteiger partial charge in [0.25, 0.3) is 0 Å². The van der Waals surface area contributed by atoms with Gasteiger partial charge in [-0.1, -0.05) is 11.6 Å². The maximum Gasteiger partial charge on any atom is 0.323 e. The van der Waals surface area contributed by atoms with Gasteiger partial charge in [0.15, 0.2) is 0 Å². The summed E-state index contributed by atoms with van der Waals surface area (Å²) >= 11 is 5.81. The van der Waals surface area contributed by atoms with Crippen LogP contribution in [0.5, 0.6) is 0 Å². The molecule has 6 heteroatoms. The Balaban J connectivity index is 2.19. The van der Waals surface area contributed by atoms with Gasteiger partial charge in [0, 0.05) is 29.8 Å². The SMILES string of the molecule is O=C(O)CN(C(=O)C1CCOCC1)c1ccc(Cl)cc1. The van der Waals surface area contributed by atoms with Crippen molar-refractivity contribution < 1.29 is 19.4 Å². The number of amides is 1. The first kappa shape index (κ1) is 14.8. The van der Waals surface area contributed by atoms with Crippen molar-refractivity contribution in [1.29, 1.82) is 0 Å². The first-order valence-corrected chi connectivity index (χ1v) is 6.82. The van der Waals surface area contributed by atoms with E-state index in [1.165, 1.54) is 4.90 Å². The van der Waals surface area contributed by atoms with Gasteiger partial charge in [-0.25, -0.2) is 0 Å². The van der Waals surface area contributed by atoms with Crippen molar-refractivity contribution in [3.8, 4) is 0 Å². The Kier molecular flexibility index (Phi) is 4.98. The van der Waals surface area contributed by atoms with Crippen molar-refractivity contribution in [2.24, 2.45) is 5.92 Å². The van der Waals surface area contributed by atoms with Gasteiger partial charge in [-0.3, -0.25) is 9.59 Å². The monoisotopic (exact) mass is 297 g/mol. The first-order valence-electron chi connectivity index (χ1n) is 6.44. The zero-order valence-corrected chi connectivity index (χ0v) is 11.7. The second-order valence-electron chi connectivity index (χ2n) is 4.68. The molecule has 1 heterocycles. The smallest absolute Gasteiger partial charge is 0.323 e. The Morgan fingerprint density at radius 2 is 1.85 bits per heavy atom. The summed E-state index contributed by atoms with van der Waals surface area (Å²) in [6.07, 6.45) is 1.26. The van der Waals surface area contributed by atoms with Crippen molar-refractivity contribution in [3.63, 3.8) is 0 Å². The molecule has 1 aliphatic rings. The van der Waals surface area contributed by atoms with Crippen molar-refractivity contribution in [2.75, 3.05) is 24.7 Å². The number of carboxylic acid groups (broad SMARTS) is 1. The lowest BCUT2D eigenvalue weighted by atomic mass is 9.98. The largest absolute Gasteiger partial charge is 0.480 e. The normalized spacial score (nSPS) is 15.8. The highest BCUT2D eigenvalue weighted by atomic mass is 35.5. The summed E-state index contributed by atoms with van der Waals surface area (Å²) in [5, 5.41) is 9.55. The number of aliphatic carboxylic acids is 1. The topological polar surface area (TPSA) is 66.8 Å². The summed E-state index contributed by atoms with van der Waals surface area (Å²) < 4.78 is 5.23. The highest BCUT2D eigenvalue weighted by molar-refractivity contribution is 6.30. The average Bonchev–Trinajstić information content (AvgIpc) is 2.46. The molecule has 2 rings (SSSR count). The van der Waals surface area contributed by atoms with Gasteiger partial charge < -0.3 is 14.7 Å². The molecule has 1 N–H and O–H groups in total. The molecule has 1 aliphatic heterocycles. The van der Waals surface area contributed by atoms with E-state index in [2.05, 4.69) is 0 Å². The third-order valence-electron chi connectivity index (χ3n) is 3.27. The maximum absolute atomic E-state index is 12.5. The van der Waals surface area contributed by atoms with Crippen LogP contribution in [0.15, 0.2) is 24.3 Å². The molecular weight excluding hydrogens is 282 g/mol. The molecule has 0 aliphatic carbocycles. The molecule has 0 aromatic heterocycles. The van der Waals surface area contributed by atoms with Gasteiger partial charge in [-0.2, -0.15) is 0 Å². The number of benzene rings is 1. The Labute approximate surface area is 122 Å². The zero-order chi connectivity index (χ0) is 14.5. The summed E-state index contributed by atoms with van der Waals surface area (Å²) in [4.78, 5) is 24.8. The predicted octanol–water partition coefficient (Wildman–Crippen LogP) is 2.18. The molecule has 5 nitrogen and oxygen atoms in total. The fourth-order valence-electron chi connectivity index (χ4n) is 2.22. The fourth-order valence-corrected chi connectivity index (χ4v) is 2.34. The van der Waals surface area contributed by atoms with Crippen LogP contribution < -0.4 is 4.90 Å². The van der Waals surface area contributed by atoms with Gasteiger partial charge in [-0.15, -0.1) is 0 Å². The van der Waals surface area contributed by atoms with Gasteiger partial charge >= 0.3 is 5.97 Å². The van der Waals surface area contributed by atoms with Crippen LogP contribution in [0.2, 0.25) is 5.02 Å². The van der Waals surface area contributed by atoms with Gasteiger partial charge in [0.2, 0.25) is 5.91 Å². The number of hydrogen-bond acceptors (Lipinski definition) is 3. The van der Waals surface area contributed by atoms with E-state index in [1.54, 1.807) is 24.3 Å². The van der Waals surface area contributed by atoms with Gasteiger partial charge in [0.1, 0.15) is 6.54 Å². The van der Waals surface area contributed by atoms with Crippen LogP contribution in [-0.2, 0) is 14.3 Å². The maximum atomic E-state index is 12.5. The molecular formula is C14H16ClNO4. The van der Waals surface area contributed by atoms with E-state index in [1.807, 2.05) is 0 Å². The van der Waals surface area contributed by atoms with Gasteiger partial charge in [0.05, 0.1) is 0 Å². The Bertz CT molecular complexity index is 482. The van der Waals surface area contributed by atoms with Crippen molar-refractivity contribution in [3.05, 3.63) is 29.3 Å². The molecule has 1 amide bonds. The minimum Gasteiger partial charge on any atom is -0.480 e. The van der Waals surface area contributed by atoms with Crippen molar-refractivity contribution in [2.45, 2.75) is 12.8 Å². The second-order valence-corrected chi connectivity index (χ2v) is 5.12. The number of ether oxygens (including phenoxy) is 1. The van der Waals surface area contributed by atoms with Crippen LogP contribution >= 0.6 is 11.6 Å². The molecule has 1 aromatic rings. The average molecular weight is 298 g/mol. The van der Waals surface area contributed by atoms with E-state index < -0.39 is 5.97 Å². The molecule has 0 spiro atoms. The van der Waals surface area contributed by atoms with E-state index in [9.17, 15) is 9.59 Å². The van der Waals surface area contributed by atoms with Crippen LogP contribution in [0, 0.1) is 5.92 Å². The standard InChI is InChI=1S/C14H16ClNO4/c15-11-1-3-12(4-2-11)16(9-13(17)18)14(19)10-5-7-20-8-6-10/h1-4,10H,5-9H2,(H,17,18). The van der Waals surface area contributed by atoms with E-state index >= 15 is 0 Å². The molecule has 1 aromatic carbocycles. The number of carbonyl (C=O) groups excluding carboxylic acids is 1. The number of carboxylic acids is 1. The van der Waals surface area contributed by atoms with E-state index in [-0.39, 0.29) is 18.4 Å². The number of carbonyl (C=O) groups is 2. The molecule has 0 bridgehead atoms. The molecule has 0 atom stereocenters. The zero-order valence-electron chi connectivity index (χ0n) is 10.9. The summed E-state index contributed by atoms with van der Waals surface area (Å²) in [5.74, 6) is -1.39. The number of anilines is 1. The lowest BCUT2D eigenvalue weighted by molar-refractivity contribution is -0.137. The molecule has 0 radical (unpaired) electrons. The Hall–Kier alpha value is -1.59. The van der Waals surface area contributed by atoms with Crippen molar-refractivity contribution >= 4 is 29.2 Å². The Morgan fingerprint density at radius 3 is 2.40 bits per heavy atom. The molecule has 1 saturated heterocycles. The van der Waals surface area contributed by atoms with E-state index in [0.717, 1.165) is 0 Å². The predicted molar refractivity (Wildman–Crippen MR) is 75.0 cm³/mol. The summed E-state index contributed by atoms with van der Waals surface area (Å²) in [5.41, 5.74) is 0.549. The molecule has 0 unspecified atom stereocenters. The number of rotatable bonds is 4. The van der Waals surface area contributed by atoms with Crippen LogP contribution in [0.4, 0.5) is 5.69 Å². The third-order valence-corrected chi connectivity index (χ3v) is 3.52. The number of halogens is 1. The minimum atomic E-state index is -1.04. The highest BCUT2D eigenvalue weighted by Gasteiger charge is 2.28. The molecule has 0 saturated carbocycles.